The maximum atomic E-state index is 6.09. The van der Waals surface area contributed by atoms with Gasteiger partial charge in [-0.25, -0.2) is 4.98 Å². The van der Waals surface area contributed by atoms with Crippen LogP contribution in [-0.4, -0.2) is 17.4 Å². The Morgan fingerprint density at radius 1 is 1.11 bits per heavy atom. The third-order valence-corrected chi connectivity index (χ3v) is 5.13. The summed E-state index contributed by atoms with van der Waals surface area (Å²) in [5.74, 6) is 3.28. The fourth-order valence-corrected chi connectivity index (χ4v) is 3.92. The van der Waals surface area contributed by atoms with Crippen molar-refractivity contribution in [2.75, 3.05) is 17.7 Å². The minimum Gasteiger partial charge on any atom is -0.370 e. The van der Waals surface area contributed by atoms with Crippen molar-refractivity contribution in [1.82, 2.24) is 4.98 Å². The van der Waals surface area contributed by atoms with E-state index in [2.05, 4.69) is 17.4 Å². The number of anilines is 1. The summed E-state index contributed by atoms with van der Waals surface area (Å²) in [5.41, 5.74) is 2.75. The van der Waals surface area contributed by atoms with Crippen molar-refractivity contribution in [3.05, 3.63) is 23.4 Å². The van der Waals surface area contributed by atoms with Crippen LogP contribution in [-0.2, 0) is 12.8 Å². The van der Waals surface area contributed by atoms with Gasteiger partial charge in [0.05, 0.1) is 0 Å². The van der Waals surface area contributed by atoms with E-state index >= 15 is 0 Å². The van der Waals surface area contributed by atoms with Gasteiger partial charge in [0, 0.05) is 18.1 Å². The van der Waals surface area contributed by atoms with Gasteiger partial charge in [-0.15, -0.1) is 11.6 Å². The van der Waals surface area contributed by atoms with Crippen LogP contribution >= 0.6 is 11.6 Å². The molecule has 104 valence electrons. The van der Waals surface area contributed by atoms with Crippen LogP contribution in [0.2, 0.25) is 0 Å². The molecule has 2 aliphatic rings. The second-order valence-electron chi connectivity index (χ2n) is 6.00. The maximum absolute atomic E-state index is 6.09. The Labute approximate surface area is 121 Å². The molecular weight excluding hydrogens is 256 g/mol. The molecule has 3 rings (SSSR count). The number of aromatic nitrogens is 1. The van der Waals surface area contributed by atoms with Gasteiger partial charge in [0.15, 0.2) is 0 Å². The van der Waals surface area contributed by atoms with Gasteiger partial charge >= 0.3 is 0 Å². The zero-order valence-electron chi connectivity index (χ0n) is 11.5. The summed E-state index contributed by atoms with van der Waals surface area (Å²) < 4.78 is 0. The largest absolute Gasteiger partial charge is 0.370 e. The number of nitrogens with one attached hydrogen (secondary N) is 1. The minimum absolute atomic E-state index is 0.692. The summed E-state index contributed by atoms with van der Waals surface area (Å²) in [6, 6.07) is 4.39. The van der Waals surface area contributed by atoms with Crippen molar-refractivity contribution in [2.45, 2.75) is 44.9 Å². The van der Waals surface area contributed by atoms with Gasteiger partial charge < -0.3 is 5.32 Å². The predicted octanol–water partition coefficient (Wildman–Crippen LogP) is 4.03. The number of aryl methyl sites for hydroxylation is 2. The monoisotopic (exact) mass is 278 g/mol. The van der Waals surface area contributed by atoms with E-state index in [0.29, 0.717) is 5.92 Å². The highest BCUT2D eigenvalue weighted by molar-refractivity contribution is 6.18. The van der Waals surface area contributed by atoms with Crippen molar-refractivity contribution < 1.29 is 0 Å². The highest BCUT2D eigenvalue weighted by Gasteiger charge is 2.24. The van der Waals surface area contributed by atoms with E-state index in [9.17, 15) is 0 Å². The lowest BCUT2D eigenvalue weighted by atomic mass is 9.80. The second-order valence-corrected chi connectivity index (χ2v) is 6.30. The summed E-state index contributed by atoms with van der Waals surface area (Å²) in [5, 5.41) is 3.54. The minimum atomic E-state index is 0.692. The van der Waals surface area contributed by atoms with Crippen LogP contribution in [0.15, 0.2) is 12.1 Å². The molecular formula is C16H23ClN2. The smallest absolute Gasteiger partial charge is 0.126 e. The molecule has 2 nitrogen and oxygen atoms in total. The molecule has 1 heterocycles. The average Bonchev–Trinajstić information content (AvgIpc) is 2.93. The van der Waals surface area contributed by atoms with Gasteiger partial charge in [-0.1, -0.05) is 18.9 Å². The second kappa shape index (κ2) is 6.13. The van der Waals surface area contributed by atoms with Gasteiger partial charge in [0.2, 0.25) is 0 Å². The summed E-state index contributed by atoms with van der Waals surface area (Å²) in [6.45, 7) is 1.03. The van der Waals surface area contributed by atoms with Crippen LogP contribution in [0.3, 0.4) is 0 Å². The van der Waals surface area contributed by atoms with E-state index in [0.717, 1.165) is 30.6 Å². The molecule has 0 aliphatic heterocycles. The van der Waals surface area contributed by atoms with Crippen LogP contribution in [0, 0.1) is 11.8 Å². The van der Waals surface area contributed by atoms with E-state index in [1.807, 2.05) is 0 Å². The Hall–Kier alpha value is -0.760. The average molecular weight is 279 g/mol. The molecule has 1 aromatic heterocycles. The van der Waals surface area contributed by atoms with Crippen LogP contribution in [0.25, 0.3) is 0 Å². The third-order valence-electron chi connectivity index (χ3n) is 4.74. The summed E-state index contributed by atoms with van der Waals surface area (Å²) in [4.78, 5) is 4.74. The van der Waals surface area contributed by atoms with Crippen LogP contribution < -0.4 is 5.32 Å². The SMILES string of the molecule is ClCC1CCCCC1CNc1ccc2c(n1)CCC2. The number of rotatable bonds is 4. The van der Waals surface area contributed by atoms with E-state index in [4.69, 9.17) is 16.6 Å². The topological polar surface area (TPSA) is 24.9 Å². The Morgan fingerprint density at radius 2 is 1.95 bits per heavy atom. The lowest BCUT2D eigenvalue weighted by Gasteiger charge is -2.30. The Bertz CT molecular complexity index is 433. The first-order chi connectivity index (χ1) is 9.36. The zero-order valence-corrected chi connectivity index (χ0v) is 12.3. The van der Waals surface area contributed by atoms with Crippen molar-refractivity contribution in [3.63, 3.8) is 0 Å². The van der Waals surface area contributed by atoms with Crippen molar-refractivity contribution in [1.29, 1.82) is 0 Å². The van der Waals surface area contributed by atoms with Gasteiger partial charge in [-0.05, 0) is 55.6 Å². The highest BCUT2D eigenvalue weighted by Crippen LogP contribution is 2.31. The van der Waals surface area contributed by atoms with E-state index in [1.54, 1.807) is 0 Å². The molecule has 1 N–H and O–H groups in total. The lowest BCUT2D eigenvalue weighted by Crippen LogP contribution is -2.27. The number of pyridine rings is 1. The molecule has 1 saturated carbocycles. The number of fused-ring (bicyclic) bond motifs is 1. The third kappa shape index (κ3) is 3.05. The summed E-state index contributed by atoms with van der Waals surface area (Å²) in [7, 11) is 0. The molecule has 1 aromatic rings. The van der Waals surface area contributed by atoms with Gasteiger partial charge in [0.25, 0.3) is 0 Å². The molecule has 19 heavy (non-hydrogen) atoms. The molecule has 0 saturated heterocycles. The van der Waals surface area contributed by atoms with Crippen LogP contribution in [0.1, 0.15) is 43.4 Å². The normalized spacial score (nSPS) is 26.2. The number of nitrogens with zero attached hydrogens (tertiary/aromatic N) is 1. The van der Waals surface area contributed by atoms with Crippen molar-refractivity contribution >= 4 is 17.4 Å². The molecule has 3 heteroatoms. The number of hydrogen-bond acceptors (Lipinski definition) is 2. The molecule has 0 bridgehead atoms. The van der Waals surface area contributed by atoms with E-state index < -0.39 is 0 Å². The van der Waals surface area contributed by atoms with Crippen molar-refractivity contribution in [2.24, 2.45) is 11.8 Å². The van der Waals surface area contributed by atoms with Crippen LogP contribution in [0.4, 0.5) is 5.82 Å². The lowest BCUT2D eigenvalue weighted by molar-refractivity contribution is 0.272. The predicted molar refractivity (Wildman–Crippen MR) is 80.9 cm³/mol. The number of alkyl halides is 1. The molecule has 0 amide bonds. The molecule has 2 atom stereocenters. The van der Waals surface area contributed by atoms with Crippen LogP contribution in [0.5, 0.6) is 0 Å². The molecule has 1 fully saturated rings. The number of hydrogen-bond donors (Lipinski definition) is 1. The highest BCUT2D eigenvalue weighted by atomic mass is 35.5. The van der Waals surface area contributed by atoms with E-state index in [1.165, 1.54) is 49.8 Å². The standard InChI is InChI=1S/C16H23ClN2/c17-10-13-4-1-2-5-14(13)11-18-16-9-8-12-6-3-7-15(12)19-16/h8-9,13-14H,1-7,10-11H2,(H,18,19). The Kier molecular flexibility index (Phi) is 4.27. The molecule has 2 aliphatic carbocycles. The molecule has 0 spiro atoms. The molecule has 0 aromatic carbocycles. The summed E-state index contributed by atoms with van der Waals surface area (Å²) >= 11 is 6.09. The quantitative estimate of drug-likeness (QED) is 0.841. The fraction of sp³-hybridized carbons (Fsp3) is 0.688. The summed E-state index contributed by atoms with van der Waals surface area (Å²) in [6.07, 6.45) is 8.95. The fourth-order valence-electron chi connectivity index (χ4n) is 3.51. The van der Waals surface area contributed by atoms with Gasteiger partial charge in [-0.2, -0.15) is 0 Å². The zero-order chi connectivity index (χ0) is 13.1. The first-order valence-corrected chi connectivity index (χ1v) is 8.19. The van der Waals surface area contributed by atoms with Gasteiger partial charge in [-0.3, -0.25) is 0 Å². The first-order valence-electron chi connectivity index (χ1n) is 7.65. The van der Waals surface area contributed by atoms with E-state index in [-0.39, 0.29) is 0 Å². The molecule has 0 radical (unpaired) electrons. The maximum Gasteiger partial charge on any atom is 0.126 e. The number of halogens is 1. The molecule has 2 unspecified atom stereocenters. The van der Waals surface area contributed by atoms with Crippen molar-refractivity contribution in [3.8, 4) is 0 Å². The Morgan fingerprint density at radius 3 is 2.79 bits per heavy atom. The Balaban J connectivity index is 1.59. The van der Waals surface area contributed by atoms with Gasteiger partial charge in [0.1, 0.15) is 5.82 Å². The first kappa shape index (κ1) is 13.2.